The van der Waals surface area contributed by atoms with Crippen LogP contribution >= 0.6 is 11.8 Å². The molecule has 106 valence electrons. The number of thioether (sulfide) groups is 1. The van der Waals surface area contributed by atoms with E-state index in [1.54, 1.807) is 12.1 Å². The number of carbonyl (C=O) groups is 1. The maximum absolute atomic E-state index is 11.1. The van der Waals surface area contributed by atoms with Gasteiger partial charge in [-0.15, -0.1) is 11.8 Å². The Bertz CT molecular complexity index is 434. The second-order valence-corrected chi connectivity index (χ2v) is 6.54. The molecule has 0 spiro atoms. The average molecular weight is 283 g/mol. The zero-order valence-electron chi connectivity index (χ0n) is 11.3. The highest BCUT2D eigenvalue weighted by Crippen LogP contribution is 2.28. The van der Waals surface area contributed by atoms with Crippen LogP contribution in [-0.2, 0) is 6.42 Å². The van der Waals surface area contributed by atoms with Crippen molar-refractivity contribution in [1.82, 2.24) is 0 Å². The SMILES string of the molecule is CC(Cc1ccccc1C(=O)O)C[C@](C)(N)SCO. The third-order valence-electron chi connectivity index (χ3n) is 2.96. The summed E-state index contributed by atoms with van der Waals surface area (Å²) >= 11 is 1.30. The van der Waals surface area contributed by atoms with Crippen LogP contribution in [0.15, 0.2) is 24.3 Å². The monoisotopic (exact) mass is 283 g/mol. The molecule has 1 rings (SSSR count). The largest absolute Gasteiger partial charge is 0.478 e. The molecular weight excluding hydrogens is 262 g/mol. The highest BCUT2D eigenvalue weighted by molar-refractivity contribution is 8.00. The van der Waals surface area contributed by atoms with E-state index in [2.05, 4.69) is 0 Å². The van der Waals surface area contributed by atoms with Crippen molar-refractivity contribution in [2.24, 2.45) is 11.7 Å². The second-order valence-electron chi connectivity index (χ2n) is 5.06. The molecule has 19 heavy (non-hydrogen) atoms. The van der Waals surface area contributed by atoms with E-state index in [1.807, 2.05) is 26.0 Å². The van der Waals surface area contributed by atoms with Crippen LogP contribution < -0.4 is 5.73 Å². The number of nitrogens with two attached hydrogens (primary N) is 1. The van der Waals surface area contributed by atoms with Crippen LogP contribution in [0.25, 0.3) is 0 Å². The van der Waals surface area contributed by atoms with Crippen molar-refractivity contribution < 1.29 is 15.0 Å². The predicted molar refractivity (Wildman–Crippen MR) is 78.2 cm³/mol. The normalized spacial score (nSPS) is 15.8. The van der Waals surface area contributed by atoms with E-state index in [0.29, 0.717) is 18.4 Å². The summed E-state index contributed by atoms with van der Waals surface area (Å²) in [7, 11) is 0. The molecule has 1 unspecified atom stereocenters. The Balaban J connectivity index is 2.72. The number of aliphatic hydroxyl groups excluding tert-OH is 1. The lowest BCUT2D eigenvalue weighted by molar-refractivity contribution is 0.0695. The summed E-state index contributed by atoms with van der Waals surface area (Å²) in [5.41, 5.74) is 7.24. The molecular formula is C14H21NO3S. The first-order chi connectivity index (χ1) is 8.85. The second kappa shape index (κ2) is 6.93. The first-order valence-electron chi connectivity index (χ1n) is 6.20. The van der Waals surface area contributed by atoms with Crippen molar-refractivity contribution in [3.05, 3.63) is 35.4 Å². The summed E-state index contributed by atoms with van der Waals surface area (Å²) < 4.78 is 0. The van der Waals surface area contributed by atoms with Gasteiger partial charge in [-0.05, 0) is 37.3 Å². The predicted octanol–water partition coefficient (Wildman–Crippen LogP) is 2.31. The zero-order valence-corrected chi connectivity index (χ0v) is 12.1. The molecule has 5 heteroatoms. The lowest BCUT2D eigenvalue weighted by atomic mass is 9.92. The van der Waals surface area contributed by atoms with Gasteiger partial charge in [-0.3, -0.25) is 0 Å². The molecule has 0 radical (unpaired) electrons. The Morgan fingerprint density at radius 3 is 2.68 bits per heavy atom. The fourth-order valence-corrected chi connectivity index (χ4v) is 2.95. The Morgan fingerprint density at radius 2 is 2.11 bits per heavy atom. The number of hydrogen-bond acceptors (Lipinski definition) is 4. The van der Waals surface area contributed by atoms with Gasteiger partial charge in [0.15, 0.2) is 0 Å². The molecule has 1 aromatic rings. The molecule has 4 nitrogen and oxygen atoms in total. The van der Waals surface area contributed by atoms with Gasteiger partial charge < -0.3 is 15.9 Å². The summed E-state index contributed by atoms with van der Waals surface area (Å²) in [6.07, 6.45) is 1.38. The molecule has 0 fully saturated rings. The third-order valence-corrected chi connectivity index (χ3v) is 3.92. The van der Waals surface area contributed by atoms with E-state index in [-0.39, 0.29) is 11.9 Å². The first-order valence-corrected chi connectivity index (χ1v) is 7.19. The Kier molecular flexibility index (Phi) is 5.85. The van der Waals surface area contributed by atoms with Crippen LogP contribution in [-0.4, -0.2) is 27.0 Å². The van der Waals surface area contributed by atoms with Gasteiger partial charge in [0.05, 0.1) is 16.4 Å². The number of aromatic carboxylic acids is 1. The molecule has 0 saturated carbocycles. The van der Waals surface area contributed by atoms with Gasteiger partial charge in [0.1, 0.15) is 0 Å². The standard InChI is InChI=1S/C14H21NO3S/c1-10(8-14(2,15)19-9-16)7-11-5-3-4-6-12(11)13(17)18/h3-6,10,16H,7-9,15H2,1-2H3,(H,17,18)/t10?,14-/m1/s1. The Labute approximate surface area is 118 Å². The topological polar surface area (TPSA) is 83.5 Å². The van der Waals surface area contributed by atoms with Crippen LogP contribution in [0.5, 0.6) is 0 Å². The lowest BCUT2D eigenvalue weighted by Crippen LogP contribution is -2.35. The van der Waals surface area contributed by atoms with Crippen LogP contribution in [0, 0.1) is 5.92 Å². The van der Waals surface area contributed by atoms with Crippen LogP contribution in [0.2, 0.25) is 0 Å². The quantitative estimate of drug-likeness (QED) is 0.669. The summed E-state index contributed by atoms with van der Waals surface area (Å²) in [4.78, 5) is 10.6. The van der Waals surface area contributed by atoms with Gasteiger partial charge in [0, 0.05) is 0 Å². The number of carboxylic acids is 1. The third kappa shape index (κ3) is 5.22. The first kappa shape index (κ1) is 16.0. The number of rotatable bonds is 7. The number of aliphatic hydroxyl groups is 1. The van der Waals surface area contributed by atoms with Crippen molar-refractivity contribution in [3.63, 3.8) is 0 Å². The smallest absolute Gasteiger partial charge is 0.335 e. The van der Waals surface area contributed by atoms with Gasteiger partial charge in [-0.25, -0.2) is 4.79 Å². The van der Waals surface area contributed by atoms with Crippen molar-refractivity contribution in [2.45, 2.75) is 31.6 Å². The molecule has 0 heterocycles. The summed E-state index contributed by atoms with van der Waals surface area (Å²) in [5.74, 6) is -0.664. The van der Waals surface area contributed by atoms with E-state index in [1.165, 1.54) is 11.8 Å². The van der Waals surface area contributed by atoms with E-state index in [0.717, 1.165) is 5.56 Å². The minimum atomic E-state index is -0.900. The number of benzene rings is 1. The highest BCUT2D eigenvalue weighted by Gasteiger charge is 2.23. The fourth-order valence-electron chi connectivity index (χ4n) is 2.25. The molecule has 0 amide bonds. The molecule has 0 aromatic heterocycles. The van der Waals surface area contributed by atoms with Crippen molar-refractivity contribution in [1.29, 1.82) is 0 Å². The fraction of sp³-hybridized carbons (Fsp3) is 0.500. The van der Waals surface area contributed by atoms with Crippen LogP contribution in [0.1, 0.15) is 36.2 Å². The molecule has 0 aliphatic heterocycles. The van der Waals surface area contributed by atoms with Gasteiger partial charge in [0.25, 0.3) is 0 Å². The summed E-state index contributed by atoms with van der Waals surface area (Å²) in [6.45, 7) is 3.93. The molecule has 2 atom stereocenters. The van der Waals surface area contributed by atoms with Crippen molar-refractivity contribution in [2.75, 3.05) is 5.94 Å². The van der Waals surface area contributed by atoms with Crippen molar-refractivity contribution in [3.8, 4) is 0 Å². The van der Waals surface area contributed by atoms with E-state index >= 15 is 0 Å². The van der Waals surface area contributed by atoms with Gasteiger partial charge in [-0.1, -0.05) is 25.1 Å². The molecule has 0 aliphatic carbocycles. The lowest BCUT2D eigenvalue weighted by Gasteiger charge is -2.26. The van der Waals surface area contributed by atoms with E-state index < -0.39 is 10.8 Å². The van der Waals surface area contributed by atoms with Gasteiger partial charge in [-0.2, -0.15) is 0 Å². The van der Waals surface area contributed by atoms with Crippen molar-refractivity contribution >= 4 is 17.7 Å². The van der Waals surface area contributed by atoms with E-state index in [4.69, 9.17) is 15.9 Å². The summed E-state index contributed by atoms with van der Waals surface area (Å²) in [5, 5.41) is 18.1. The number of carboxylic acid groups (broad SMARTS) is 1. The van der Waals surface area contributed by atoms with Crippen LogP contribution in [0.4, 0.5) is 0 Å². The maximum Gasteiger partial charge on any atom is 0.335 e. The molecule has 1 aromatic carbocycles. The molecule has 4 N–H and O–H groups in total. The zero-order chi connectivity index (χ0) is 14.5. The minimum Gasteiger partial charge on any atom is -0.478 e. The van der Waals surface area contributed by atoms with Gasteiger partial charge >= 0.3 is 5.97 Å². The maximum atomic E-state index is 11.1. The van der Waals surface area contributed by atoms with Crippen LogP contribution in [0.3, 0.4) is 0 Å². The van der Waals surface area contributed by atoms with Gasteiger partial charge in [0.2, 0.25) is 0 Å². The molecule has 0 saturated heterocycles. The average Bonchev–Trinajstić information content (AvgIpc) is 2.28. The van der Waals surface area contributed by atoms with E-state index in [9.17, 15) is 4.79 Å². The Morgan fingerprint density at radius 1 is 1.47 bits per heavy atom. The number of hydrogen-bond donors (Lipinski definition) is 3. The highest BCUT2D eigenvalue weighted by atomic mass is 32.2. The minimum absolute atomic E-state index is 0.00850. The Hall–Kier alpha value is -1.04. The molecule has 0 bridgehead atoms. The summed E-state index contributed by atoms with van der Waals surface area (Å²) in [6, 6.07) is 7.03. The molecule has 0 aliphatic rings.